The number of carbonyl (C=O) groups is 1. The lowest BCUT2D eigenvalue weighted by molar-refractivity contribution is -0.131. The maximum Gasteiger partial charge on any atom is 0.224 e. The van der Waals surface area contributed by atoms with Crippen molar-refractivity contribution in [2.45, 2.75) is 26.3 Å². The second-order valence-corrected chi connectivity index (χ2v) is 2.98. The first-order valence-electron chi connectivity index (χ1n) is 3.99. The normalized spacial score (nSPS) is 19.2. The Bertz CT molecular complexity index is 175. The van der Waals surface area contributed by atoms with E-state index in [0.29, 0.717) is 25.6 Å². The summed E-state index contributed by atoms with van der Waals surface area (Å²) in [5.74, 6) is 0.220. The third kappa shape index (κ3) is 2.03. The van der Waals surface area contributed by atoms with E-state index >= 15 is 0 Å². The summed E-state index contributed by atoms with van der Waals surface area (Å²) in [4.78, 5) is 17.2. The molecule has 0 bridgehead atoms. The van der Waals surface area contributed by atoms with E-state index in [2.05, 4.69) is 4.99 Å². The minimum Gasteiger partial charge on any atom is -0.335 e. The number of carbonyl (C=O) groups excluding carboxylic acids is 1. The fourth-order valence-corrected chi connectivity index (χ4v) is 1.14. The van der Waals surface area contributed by atoms with Gasteiger partial charge in [0.25, 0.3) is 0 Å². The van der Waals surface area contributed by atoms with Gasteiger partial charge in [-0.2, -0.15) is 0 Å². The molecule has 3 heteroatoms. The average molecular weight is 154 g/mol. The highest BCUT2D eigenvalue weighted by Gasteiger charge is 2.16. The third-order valence-electron chi connectivity index (χ3n) is 1.81. The summed E-state index contributed by atoms with van der Waals surface area (Å²) in [6.45, 7) is 5.38. The Labute approximate surface area is 67.1 Å². The van der Waals surface area contributed by atoms with Gasteiger partial charge in [-0.05, 0) is 13.8 Å². The summed E-state index contributed by atoms with van der Waals surface area (Å²) in [5, 5.41) is 0. The summed E-state index contributed by atoms with van der Waals surface area (Å²) >= 11 is 0. The molecular formula is C8H14N2O. The van der Waals surface area contributed by atoms with Crippen molar-refractivity contribution in [1.29, 1.82) is 0 Å². The van der Waals surface area contributed by atoms with Crippen molar-refractivity contribution in [3.05, 3.63) is 0 Å². The Morgan fingerprint density at radius 1 is 1.64 bits per heavy atom. The van der Waals surface area contributed by atoms with E-state index in [0.717, 1.165) is 0 Å². The Kier molecular flexibility index (Phi) is 2.63. The van der Waals surface area contributed by atoms with Gasteiger partial charge in [0.05, 0.1) is 6.54 Å². The van der Waals surface area contributed by atoms with E-state index in [9.17, 15) is 4.79 Å². The first-order valence-corrected chi connectivity index (χ1v) is 3.99. The van der Waals surface area contributed by atoms with Gasteiger partial charge in [-0.15, -0.1) is 0 Å². The average Bonchev–Trinajstić information content (AvgIpc) is 2.13. The van der Waals surface area contributed by atoms with Gasteiger partial charge in [-0.1, -0.05) is 0 Å². The molecule has 0 fully saturated rings. The molecule has 0 saturated carbocycles. The molecule has 0 atom stereocenters. The minimum atomic E-state index is 0.220. The van der Waals surface area contributed by atoms with Crippen molar-refractivity contribution >= 4 is 12.1 Å². The highest BCUT2D eigenvalue weighted by Crippen LogP contribution is 2.03. The van der Waals surface area contributed by atoms with Crippen LogP contribution in [0.5, 0.6) is 0 Å². The van der Waals surface area contributed by atoms with Gasteiger partial charge in [0, 0.05) is 25.2 Å². The molecule has 11 heavy (non-hydrogen) atoms. The number of rotatable bonds is 1. The summed E-state index contributed by atoms with van der Waals surface area (Å²) < 4.78 is 0. The fourth-order valence-electron chi connectivity index (χ4n) is 1.14. The summed E-state index contributed by atoms with van der Waals surface area (Å²) in [7, 11) is 0. The van der Waals surface area contributed by atoms with Crippen LogP contribution in [0.1, 0.15) is 20.3 Å². The first kappa shape index (κ1) is 8.24. The molecule has 0 radical (unpaired) electrons. The largest absolute Gasteiger partial charge is 0.335 e. The molecule has 1 aliphatic rings. The van der Waals surface area contributed by atoms with Gasteiger partial charge in [0.2, 0.25) is 5.91 Å². The summed E-state index contributed by atoms with van der Waals surface area (Å²) in [6, 6.07) is 0.298. The zero-order chi connectivity index (χ0) is 8.27. The molecule has 0 N–H and O–H groups in total. The maximum atomic E-state index is 11.3. The van der Waals surface area contributed by atoms with Crippen LogP contribution in [0.2, 0.25) is 0 Å². The number of nitrogens with zero attached hydrogens (tertiary/aromatic N) is 2. The SMILES string of the molecule is CC(C)N1CC=NCCC1=O. The molecule has 62 valence electrons. The Morgan fingerprint density at radius 3 is 3.00 bits per heavy atom. The maximum absolute atomic E-state index is 11.3. The highest BCUT2D eigenvalue weighted by molar-refractivity contribution is 5.81. The first-order chi connectivity index (χ1) is 5.22. The lowest BCUT2D eigenvalue weighted by atomic mass is 10.3. The van der Waals surface area contributed by atoms with Crippen LogP contribution in [-0.4, -0.2) is 36.2 Å². The molecule has 1 amide bonds. The number of aliphatic imine (C=N–C) groups is 1. The number of hydrogen-bond acceptors (Lipinski definition) is 2. The van der Waals surface area contributed by atoms with Gasteiger partial charge in [0.15, 0.2) is 0 Å². The van der Waals surface area contributed by atoms with Crippen LogP contribution in [0.15, 0.2) is 4.99 Å². The van der Waals surface area contributed by atoms with Crippen LogP contribution in [-0.2, 0) is 4.79 Å². The topological polar surface area (TPSA) is 32.7 Å². The molecule has 0 aromatic rings. The molecule has 1 rings (SSSR count). The van der Waals surface area contributed by atoms with E-state index in [1.54, 1.807) is 0 Å². The van der Waals surface area contributed by atoms with Crippen molar-refractivity contribution in [3.8, 4) is 0 Å². The predicted octanol–water partition coefficient (Wildman–Crippen LogP) is 0.698. The zero-order valence-corrected chi connectivity index (χ0v) is 7.08. The Balaban J connectivity index is 2.60. The lowest BCUT2D eigenvalue weighted by Crippen LogP contribution is -2.37. The number of amides is 1. The zero-order valence-electron chi connectivity index (χ0n) is 7.08. The standard InChI is InChI=1S/C8H14N2O/c1-7(2)10-6-5-9-4-3-8(10)11/h5,7H,3-4,6H2,1-2H3. The van der Waals surface area contributed by atoms with E-state index in [4.69, 9.17) is 0 Å². The van der Waals surface area contributed by atoms with E-state index in [1.807, 2.05) is 25.0 Å². The smallest absolute Gasteiger partial charge is 0.224 e. The van der Waals surface area contributed by atoms with Crippen LogP contribution in [0.3, 0.4) is 0 Å². The molecule has 1 heterocycles. The van der Waals surface area contributed by atoms with Gasteiger partial charge in [-0.3, -0.25) is 9.79 Å². The second-order valence-electron chi connectivity index (χ2n) is 2.98. The number of hydrogen-bond donors (Lipinski definition) is 0. The summed E-state index contributed by atoms with van der Waals surface area (Å²) in [5.41, 5.74) is 0. The fraction of sp³-hybridized carbons (Fsp3) is 0.750. The molecule has 0 spiro atoms. The van der Waals surface area contributed by atoms with Crippen molar-refractivity contribution in [2.24, 2.45) is 4.99 Å². The molecule has 1 aliphatic heterocycles. The quantitative estimate of drug-likeness (QED) is 0.547. The highest BCUT2D eigenvalue weighted by atomic mass is 16.2. The third-order valence-corrected chi connectivity index (χ3v) is 1.81. The lowest BCUT2D eigenvalue weighted by Gasteiger charge is -2.23. The van der Waals surface area contributed by atoms with Crippen molar-refractivity contribution in [1.82, 2.24) is 4.90 Å². The molecule has 0 aliphatic carbocycles. The molecule has 0 aromatic carbocycles. The van der Waals surface area contributed by atoms with E-state index in [-0.39, 0.29) is 5.91 Å². The predicted molar refractivity (Wildman–Crippen MR) is 44.8 cm³/mol. The molecule has 3 nitrogen and oxygen atoms in total. The molecule has 0 aromatic heterocycles. The molecule has 0 unspecified atom stereocenters. The van der Waals surface area contributed by atoms with Gasteiger partial charge >= 0.3 is 0 Å². The van der Waals surface area contributed by atoms with Crippen LogP contribution in [0.4, 0.5) is 0 Å². The van der Waals surface area contributed by atoms with Crippen LogP contribution < -0.4 is 0 Å². The van der Waals surface area contributed by atoms with Gasteiger partial charge in [0.1, 0.15) is 0 Å². The van der Waals surface area contributed by atoms with Crippen LogP contribution in [0.25, 0.3) is 0 Å². The van der Waals surface area contributed by atoms with E-state index < -0.39 is 0 Å². The van der Waals surface area contributed by atoms with Crippen LogP contribution in [0, 0.1) is 0 Å². The molecular weight excluding hydrogens is 140 g/mol. The Hall–Kier alpha value is -0.860. The van der Waals surface area contributed by atoms with Crippen molar-refractivity contribution < 1.29 is 4.79 Å². The van der Waals surface area contributed by atoms with Gasteiger partial charge < -0.3 is 4.90 Å². The monoisotopic (exact) mass is 154 g/mol. The second kappa shape index (κ2) is 3.51. The van der Waals surface area contributed by atoms with Crippen molar-refractivity contribution in [2.75, 3.05) is 13.1 Å². The van der Waals surface area contributed by atoms with Crippen LogP contribution >= 0.6 is 0 Å². The minimum absolute atomic E-state index is 0.220. The molecule has 0 saturated heterocycles. The van der Waals surface area contributed by atoms with E-state index in [1.165, 1.54) is 0 Å². The van der Waals surface area contributed by atoms with Crippen molar-refractivity contribution in [3.63, 3.8) is 0 Å². The Morgan fingerprint density at radius 2 is 2.36 bits per heavy atom. The summed E-state index contributed by atoms with van der Waals surface area (Å²) in [6.07, 6.45) is 2.39. The van der Waals surface area contributed by atoms with Gasteiger partial charge in [-0.25, -0.2) is 0 Å².